The summed E-state index contributed by atoms with van der Waals surface area (Å²) in [4.78, 5) is 12.6. The number of sulfonamides is 1. The Morgan fingerprint density at radius 3 is 2.62 bits per heavy atom. The van der Waals surface area contributed by atoms with Gasteiger partial charge in [0.1, 0.15) is 0 Å². The molecule has 1 amide bonds. The summed E-state index contributed by atoms with van der Waals surface area (Å²) in [6.45, 7) is 6.92. The molecule has 6 nitrogen and oxygen atoms in total. The second kappa shape index (κ2) is 6.72. The van der Waals surface area contributed by atoms with Crippen molar-refractivity contribution in [2.75, 3.05) is 23.7 Å². The second-order valence-electron chi connectivity index (χ2n) is 7.25. The van der Waals surface area contributed by atoms with Crippen molar-refractivity contribution in [3.63, 3.8) is 0 Å². The number of carbonyl (C=O) groups excluding carboxylic acids is 1. The van der Waals surface area contributed by atoms with Gasteiger partial charge < -0.3 is 11.1 Å². The summed E-state index contributed by atoms with van der Waals surface area (Å²) < 4.78 is 24.9. The van der Waals surface area contributed by atoms with Crippen LogP contribution in [0.1, 0.15) is 43.1 Å². The molecule has 1 unspecified atom stereocenters. The van der Waals surface area contributed by atoms with Gasteiger partial charge in [0.15, 0.2) is 0 Å². The van der Waals surface area contributed by atoms with Gasteiger partial charge in [0, 0.05) is 24.2 Å². The Morgan fingerprint density at radius 1 is 1.42 bits per heavy atom. The average molecular weight is 353 g/mol. The van der Waals surface area contributed by atoms with Crippen LogP contribution in [-0.4, -0.2) is 39.2 Å². The molecule has 1 aliphatic rings. The number of nitrogens with one attached hydrogen (secondary N) is 1. The van der Waals surface area contributed by atoms with Crippen molar-refractivity contribution in [1.82, 2.24) is 5.32 Å². The first-order chi connectivity index (χ1) is 11.1. The van der Waals surface area contributed by atoms with E-state index in [2.05, 4.69) is 19.2 Å². The van der Waals surface area contributed by atoms with E-state index in [0.29, 0.717) is 36.7 Å². The first kappa shape index (κ1) is 18.7. The van der Waals surface area contributed by atoms with Crippen molar-refractivity contribution >= 4 is 21.6 Å². The van der Waals surface area contributed by atoms with Gasteiger partial charge in [0.25, 0.3) is 5.91 Å². The Bertz CT molecular complexity index is 731. The van der Waals surface area contributed by atoms with Crippen LogP contribution in [0.5, 0.6) is 0 Å². The summed E-state index contributed by atoms with van der Waals surface area (Å²) in [6, 6.07) is 5.16. The molecule has 0 bridgehead atoms. The van der Waals surface area contributed by atoms with E-state index in [-0.39, 0.29) is 5.91 Å². The number of hydrogen-bond acceptors (Lipinski definition) is 4. The molecule has 1 aliphatic heterocycles. The lowest BCUT2D eigenvalue weighted by Crippen LogP contribution is -2.52. The molecule has 0 saturated carbocycles. The number of amides is 1. The minimum atomic E-state index is -3.28. The van der Waals surface area contributed by atoms with E-state index in [4.69, 9.17) is 5.73 Å². The zero-order chi connectivity index (χ0) is 18.1. The molecule has 1 aromatic rings. The number of nitrogens with two attached hydrogens (primary N) is 1. The van der Waals surface area contributed by atoms with Crippen LogP contribution in [0.25, 0.3) is 0 Å². The first-order valence-electron chi connectivity index (χ1n) is 8.19. The molecule has 0 saturated heterocycles. The highest BCUT2D eigenvalue weighted by Gasteiger charge is 2.29. The van der Waals surface area contributed by atoms with Crippen LogP contribution in [0.15, 0.2) is 18.2 Å². The third-order valence-corrected chi connectivity index (χ3v) is 5.50. The van der Waals surface area contributed by atoms with Crippen LogP contribution in [-0.2, 0) is 16.4 Å². The van der Waals surface area contributed by atoms with Crippen molar-refractivity contribution in [2.24, 2.45) is 11.7 Å². The lowest BCUT2D eigenvalue weighted by Gasteiger charge is -2.31. The second-order valence-corrected chi connectivity index (χ2v) is 9.15. The van der Waals surface area contributed by atoms with E-state index >= 15 is 0 Å². The summed E-state index contributed by atoms with van der Waals surface area (Å²) in [5.41, 5.74) is 7.47. The van der Waals surface area contributed by atoms with Crippen LogP contribution in [0.3, 0.4) is 0 Å². The molecule has 7 heteroatoms. The van der Waals surface area contributed by atoms with E-state index < -0.39 is 15.6 Å². The molecular weight excluding hydrogens is 326 g/mol. The van der Waals surface area contributed by atoms with E-state index in [1.54, 1.807) is 18.2 Å². The summed E-state index contributed by atoms with van der Waals surface area (Å²) >= 11 is 0. The number of nitrogens with zero attached hydrogens (tertiary/aromatic N) is 1. The number of anilines is 1. The lowest BCUT2D eigenvalue weighted by atomic mass is 9.90. The van der Waals surface area contributed by atoms with Crippen molar-refractivity contribution in [2.45, 2.75) is 39.2 Å². The maximum atomic E-state index is 12.6. The van der Waals surface area contributed by atoms with Gasteiger partial charge in [-0.25, -0.2) is 8.42 Å². The van der Waals surface area contributed by atoms with Crippen LogP contribution >= 0.6 is 0 Å². The molecular formula is C17H27N3O3S. The number of fused-ring (bicyclic) bond motifs is 1. The summed E-state index contributed by atoms with van der Waals surface area (Å²) in [5, 5.41) is 3.03. The van der Waals surface area contributed by atoms with E-state index in [1.807, 2.05) is 6.92 Å². The predicted octanol–water partition coefficient (Wildman–Crippen LogP) is 1.50. The molecule has 0 spiro atoms. The zero-order valence-corrected chi connectivity index (χ0v) is 15.6. The van der Waals surface area contributed by atoms with Gasteiger partial charge in [0.2, 0.25) is 10.0 Å². The van der Waals surface area contributed by atoms with Crippen LogP contribution < -0.4 is 15.4 Å². The molecule has 0 fully saturated rings. The highest BCUT2D eigenvalue weighted by molar-refractivity contribution is 7.92. The topological polar surface area (TPSA) is 92.5 Å². The molecule has 3 N–H and O–H groups in total. The average Bonchev–Trinajstić information content (AvgIpc) is 2.89. The molecule has 24 heavy (non-hydrogen) atoms. The third-order valence-electron chi connectivity index (χ3n) is 4.32. The Labute approximate surface area is 144 Å². The summed E-state index contributed by atoms with van der Waals surface area (Å²) in [7, 11) is -3.28. The van der Waals surface area contributed by atoms with Crippen LogP contribution in [0.2, 0.25) is 0 Å². The van der Waals surface area contributed by atoms with Crippen molar-refractivity contribution < 1.29 is 13.2 Å². The molecule has 0 aliphatic carbocycles. The number of hydrogen-bond donors (Lipinski definition) is 2. The van der Waals surface area contributed by atoms with E-state index in [9.17, 15) is 13.2 Å². The maximum Gasteiger partial charge on any atom is 0.251 e. The molecule has 1 atom stereocenters. The largest absolute Gasteiger partial charge is 0.346 e. The summed E-state index contributed by atoms with van der Waals surface area (Å²) in [6.07, 6.45) is 2.60. The zero-order valence-electron chi connectivity index (χ0n) is 14.8. The van der Waals surface area contributed by atoms with Gasteiger partial charge >= 0.3 is 0 Å². The number of benzene rings is 1. The number of rotatable bonds is 6. The SMILES string of the molecule is CC(C)CC(C)(CN)NC(=O)c1ccc2c(c1)CCN2S(C)(=O)=O. The normalized spacial score (nSPS) is 16.8. The quantitative estimate of drug-likeness (QED) is 0.811. The third kappa shape index (κ3) is 4.08. The number of carbonyl (C=O) groups is 1. The van der Waals surface area contributed by atoms with Crippen LogP contribution in [0, 0.1) is 5.92 Å². The lowest BCUT2D eigenvalue weighted by molar-refractivity contribution is 0.0898. The Balaban J connectivity index is 2.21. The fourth-order valence-corrected chi connectivity index (χ4v) is 4.25. The molecule has 1 heterocycles. The first-order valence-corrected chi connectivity index (χ1v) is 10.0. The van der Waals surface area contributed by atoms with Crippen molar-refractivity contribution in [3.8, 4) is 0 Å². The van der Waals surface area contributed by atoms with Gasteiger partial charge in [-0.15, -0.1) is 0 Å². The summed E-state index contributed by atoms with van der Waals surface area (Å²) in [5.74, 6) is 0.242. The van der Waals surface area contributed by atoms with Gasteiger partial charge in [-0.2, -0.15) is 0 Å². The standard InChI is InChI=1S/C17H27N3O3S/c1-12(2)10-17(3,11-18)19-16(21)14-5-6-15-13(9-14)7-8-20(15)24(4,22)23/h5-6,9,12H,7-8,10-11,18H2,1-4H3,(H,19,21). The van der Waals surface area contributed by atoms with E-state index in [1.165, 1.54) is 10.6 Å². The van der Waals surface area contributed by atoms with Crippen molar-refractivity contribution in [3.05, 3.63) is 29.3 Å². The van der Waals surface area contributed by atoms with Gasteiger partial charge in [-0.1, -0.05) is 13.8 Å². The molecule has 0 aromatic heterocycles. The highest BCUT2D eigenvalue weighted by Crippen LogP contribution is 2.30. The van der Waals surface area contributed by atoms with Crippen LogP contribution in [0.4, 0.5) is 5.69 Å². The maximum absolute atomic E-state index is 12.6. The monoisotopic (exact) mass is 353 g/mol. The molecule has 0 radical (unpaired) electrons. The fourth-order valence-electron chi connectivity index (χ4n) is 3.29. The van der Waals surface area contributed by atoms with Crippen molar-refractivity contribution in [1.29, 1.82) is 0 Å². The predicted molar refractivity (Wildman–Crippen MR) is 96.7 cm³/mol. The Morgan fingerprint density at radius 2 is 2.08 bits per heavy atom. The molecule has 134 valence electrons. The van der Waals surface area contributed by atoms with Gasteiger partial charge in [-0.05, 0) is 49.4 Å². The van der Waals surface area contributed by atoms with Gasteiger partial charge in [0.05, 0.1) is 11.9 Å². The Hall–Kier alpha value is -1.60. The Kier molecular flexibility index (Phi) is 5.25. The fraction of sp³-hybridized carbons (Fsp3) is 0.588. The minimum absolute atomic E-state index is 0.177. The highest BCUT2D eigenvalue weighted by atomic mass is 32.2. The minimum Gasteiger partial charge on any atom is -0.346 e. The van der Waals surface area contributed by atoms with E-state index in [0.717, 1.165) is 12.0 Å². The molecule has 2 rings (SSSR count). The smallest absolute Gasteiger partial charge is 0.251 e. The molecule has 1 aromatic carbocycles. The van der Waals surface area contributed by atoms with Gasteiger partial charge in [-0.3, -0.25) is 9.10 Å².